The predicted octanol–water partition coefficient (Wildman–Crippen LogP) is 1.72. The summed E-state index contributed by atoms with van der Waals surface area (Å²) in [6.07, 6.45) is 1.45. The number of hydrogen-bond acceptors (Lipinski definition) is 5. The molecule has 0 radical (unpaired) electrons. The molecule has 1 aromatic heterocycles. The van der Waals surface area contributed by atoms with E-state index in [4.69, 9.17) is 5.11 Å². The topological polar surface area (TPSA) is 84.4 Å². The summed E-state index contributed by atoms with van der Waals surface area (Å²) < 4.78 is 1.70. The zero-order chi connectivity index (χ0) is 14.4. The van der Waals surface area contributed by atoms with Gasteiger partial charge in [-0.05, 0) is 26.7 Å². The van der Waals surface area contributed by atoms with E-state index in [1.54, 1.807) is 11.6 Å². The Hall–Kier alpha value is -1.63. The number of nitro groups is 1. The van der Waals surface area contributed by atoms with Gasteiger partial charge >= 0.3 is 5.69 Å². The van der Waals surface area contributed by atoms with Crippen molar-refractivity contribution in [3.05, 3.63) is 15.8 Å². The molecule has 0 bridgehead atoms. The van der Waals surface area contributed by atoms with Gasteiger partial charge in [0, 0.05) is 26.2 Å². The first kappa shape index (κ1) is 15.4. The molecule has 0 spiro atoms. The molecule has 1 heterocycles. The average molecular weight is 270 g/mol. The fourth-order valence-corrected chi connectivity index (χ4v) is 2.13. The molecular formula is C12H22N4O3. The number of aromatic nitrogens is 2. The van der Waals surface area contributed by atoms with E-state index in [1.165, 1.54) is 0 Å². The summed E-state index contributed by atoms with van der Waals surface area (Å²) >= 11 is 0. The van der Waals surface area contributed by atoms with E-state index in [-0.39, 0.29) is 17.2 Å². The van der Waals surface area contributed by atoms with Crippen molar-refractivity contribution in [2.24, 2.45) is 0 Å². The summed E-state index contributed by atoms with van der Waals surface area (Å²) in [5.41, 5.74) is 0.518. The van der Waals surface area contributed by atoms with Crippen molar-refractivity contribution in [1.82, 2.24) is 9.78 Å². The van der Waals surface area contributed by atoms with Gasteiger partial charge in [0.2, 0.25) is 5.82 Å². The van der Waals surface area contributed by atoms with Gasteiger partial charge < -0.3 is 10.0 Å². The van der Waals surface area contributed by atoms with Crippen molar-refractivity contribution in [1.29, 1.82) is 0 Å². The van der Waals surface area contributed by atoms with Gasteiger partial charge in [0.25, 0.3) is 0 Å². The van der Waals surface area contributed by atoms with Crippen LogP contribution in [-0.4, -0.2) is 39.5 Å². The Kier molecular flexibility index (Phi) is 5.75. The molecule has 0 aliphatic rings. The summed E-state index contributed by atoms with van der Waals surface area (Å²) in [6, 6.07) is 0. The van der Waals surface area contributed by atoms with Gasteiger partial charge in [-0.2, -0.15) is 5.10 Å². The lowest BCUT2D eigenvalue weighted by Gasteiger charge is -2.22. The van der Waals surface area contributed by atoms with Gasteiger partial charge in [0.1, 0.15) is 5.69 Å². The minimum Gasteiger partial charge on any atom is -0.396 e. The first-order valence-electron chi connectivity index (χ1n) is 6.64. The summed E-state index contributed by atoms with van der Waals surface area (Å²) in [6.45, 7) is 7.58. The molecule has 1 aromatic rings. The molecular weight excluding hydrogens is 248 g/mol. The number of anilines is 1. The molecule has 108 valence electrons. The highest BCUT2D eigenvalue weighted by Gasteiger charge is 2.28. The third kappa shape index (κ3) is 3.44. The Morgan fingerprint density at radius 3 is 2.63 bits per heavy atom. The van der Waals surface area contributed by atoms with E-state index in [2.05, 4.69) is 5.10 Å². The molecule has 0 aliphatic carbocycles. The van der Waals surface area contributed by atoms with E-state index in [9.17, 15) is 10.1 Å². The minimum atomic E-state index is -0.370. The lowest BCUT2D eigenvalue weighted by molar-refractivity contribution is -0.384. The molecule has 0 saturated heterocycles. The summed E-state index contributed by atoms with van der Waals surface area (Å²) in [5.74, 6) is 0.556. The van der Waals surface area contributed by atoms with Gasteiger partial charge in [0.05, 0.1) is 4.92 Å². The minimum absolute atomic E-state index is 0.0746. The summed E-state index contributed by atoms with van der Waals surface area (Å²) in [4.78, 5) is 12.8. The third-order valence-corrected chi connectivity index (χ3v) is 2.96. The van der Waals surface area contributed by atoms with Crippen LogP contribution in [0.1, 0.15) is 32.4 Å². The number of aliphatic hydroxyl groups excluding tert-OH is 1. The molecule has 1 rings (SSSR count). The zero-order valence-corrected chi connectivity index (χ0v) is 11.8. The van der Waals surface area contributed by atoms with Gasteiger partial charge in [-0.25, -0.2) is 4.68 Å². The van der Waals surface area contributed by atoms with Crippen molar-refractivity contribution in [3.63, 3.8) is 0 Å². The molecule has 0 unspecified atom stereocenters. The van der Waals surface area contributed by atoms with E-state index in [0.29, 0.717) is 37.6 Å². The maximum atomic E-state index is 11.2. The van der Waals surface area contributed by atoms with Crippen molar-refractivity contribution in [3.8, 4) is 0 Å². The molecule has 7 nitrogen and oxygen atoms in total. The van der Waals surface area contributed by atoms with Crippen LogP contribution in [0.5, 0.6) is 0 Å². The van der Waals surface area contributed by atoms with Crippen LogP contribution in [0.25, 0.3) is 0 Å². The van der Waals surface area contributed by atoms with E-state index < -0.39 is 0 Å². The van der Waals surface area contributed by atoms with Crippen LogP contribution >= 0.6 is 0 Å². The Morgan fingerprint density at radius 2 is 2.16 bits per heavy atom. The molecule has 0 aliphatic heterocycles. The molecule has 19 heavy (non-hydrogen) atoms. The second-order valence-corrected chi connectivity index (χ2v) is 4.39. The van der Waals surface area contributed by atoms with E-state index in [0.717, 1.165) is 6.42 Å². The Morgan fingerprint density at radius 1 is 1.47 bits per heavy atom. The SMILES string of the molecule is CCCn1nc(C)c([N+](=O)[O-])c1N(CC)CCCO. The number of rotatable bonds is 8. The van der Waals surface area contributed by atoms with Crippen molar-refractivity contribution in [2.75, 3.05) is 24.6 Å². The van der Waals surface area contributed by atoms with Crippen LogP contribution in [0.4, 0.5) is 11.5 Å². The van der Waals surface area contributed by atoms with Crippen LogP contribution in [0.3, 0.4) is 0 Å². The summed E-state index contributed by atoms with van der Waals surface area (Å²) in [7, 11) is 0. The number of aliphatic hydroxyl groups is 1. The predicted molar refractivity (Wildman–Crippen MR) is 73.5 cm³/mol. The highest BCUT2D eigenvalue weighted by Crippen LogP contribution is 2.31. The van der Waals surface area contributed by atoms with Gasteiger partial charge in [-0.15, -0.1) is 0 Å². The highest BCUT2D eigenvalue weighted by molar-refractivity contribution is 5.61. The van der Waals surface area contributed by atoms with E-state index >= 15 is 0 Å². The summed E-state index contributed by atoms with van der Waals surface area (Å²) in [5, 5.41) is 24.4. The smallest absolute Gasteiger partial charge is 0.333 e. The van der Waals surface area contributed by atoms with Crippen LogP contribution in [0.15, 0.2) is 0 Å². The Balaban J connectivity index is 3.22. The lowest BCUT2D eigenvalue weighted by atomic mass is 10.3. The highest BCUT2D eigenvalue weighted by atomic mass is 16.6. The van der Waals surface area contributed by atoms with Gasteiger partial charge in [-0.3, -0.25) is 10.1 Å². The maximum Gasteiger partial charge on any atom is 0.333 e. The van der Waals surface area contributed by atoms with Crippen LogP contribution in [-0.2, 0) is 6.54 Å². The molecule has 0 atom stereocenters. The second kappa shape index (κ2) is 7.08. The molecule has 0 saturated carbocycles. The molecule has 1 N–H and O–H groups in total. The normalized spacial score (nSPS) is 10.7. The van der Waals surface area contributed by atoms with Crippen LogP contribution < -0.4 is 4.90 Å². The first-order chi connectivity index (χ1) is 9.06. The molecule has 7 heteroatoms. The van der Waals surface area contributed by atoms with Crippen molar-refractivity contribution < 1.29 is 10.0 Å². The lowest BCUT2D eigenvalue weighted by Crippen LogP contribution is -2.28. The van der Waals surface area contributed by atoms with Crippen molar-refractivity contribution in [2.45, 2.75) is 40.2 Å². The monoisotopic (exact) mass is 270 g/mol. The largest absolute Gasteiger partial charge is 0.396 e. The van der Waals surface area contributed by atoms with Gasteiger partial charge in [0.15, 0.2) is 0 Å². The number of nitrogens with zero attached hydrogens (tertiary/aromatic N) is 4. The Bertz CT molecular complexity index is 431. The molecule has 0 amide bonds. The van der Waals surface area contributed by atoms with Crippen molar-refractivity contribution >= 4 is 11.5 Å². The molecule has 0 aromatic carbocycles. The molecule has 0 fully saturated rings. The quantitative estimate of drug-likeness (QED) is 0.574. The van der Waals surface area contributed by atoms with Gasteiger partial charge in [-0.1, -0.05) is 6.92 Å². The maximum absolute atomic E-state index is 11.2. The number of hydrogen-bond donors (Lipinski definition) is 1. The fourth-order valence-electron chi connectivity index (χ4n) is 2.13. The second-order valence-electron chi connectivity index (χ2n) is 4.39. The third-order valence-electron chi connectivity index (χ3n) is 2.96. The number of aryl methyl sites for hydroxylation is 2. The standard InChI is InChI=1S/C12H22N4O3/c1-4-7-15-12(14(5-2)8-6-9-17)11(16(18)19)10(3)13-15/h17H,4-9H2,1-3H3. The van der Waals surface area contributed by atoms with E-state index in [1.807, 2.05) is 18.7 Å². The van der Waals surface area contributed by atoms with Crippen LogP contribution in [0, 0.1) is 17.0 Å². The average Bonchev–Trinajstić information content (AvgIpc) is 2.68. The zero-order valence-electron chi connectivity index (χ0n) is 11.8. The first-order valence-corrected chi connectivity index (χ1v) is 6.64. The Labute approximate surface area is 113 Å². The van der Waals surface area contributed by atoms with Crippen LogP contribution in [0.2, 0.25) is 0 Å². The fraction of sp³-hybridized carbons (Fsp3) is 0.750.